The lowest BCUT2D eigenvalue weighted by molar-refractivity contribution is 0.0331. The monoisotopic (exact) mass is 401 g/mol. The third-order valence-corrected chi connectivity index (χ3v) is 7.07. The number of rotatable bonds is 5. The summed E-state index contributed by atoms with van der Waals surface area (Å²) in [6, 6.07) is 0. The third kappa shape index (κ3) is 3.71. The van der Waals surface area contributed by atoms with Gasteiger partial charge in [0.25, 0.3) is 0 Å². The molecule has 1 saturated heterocycles. The molecule has 8 heteroatoms. The minimum atomic E-state index is 0.706. The van der Waals surface area contributed by atoms with Gasteiger partial charge >= 0.3 is 0 Å². The molecule has 1 fully saturated rings. The normalized spacial score (nSPS) is 17.9. The van der Waals surface area contributed by atoms with Gasteiger partial charge in [-0.1, -0.05) is 0 Å². The molecule has 1 aliphatic carbocycles. The predicted octanol–water partition coefficient (Wildman–Crippen LogP) is 3.47. The number of thiazole rings is 1. The van der Waals surface area contributed by atoms with Crippen LogP contribution >= 0.6 is 22.7 Å². The first-order valence-electron chi connectivity index (χ1n) is 9.59. The van der Waals surface area contributed by atoms with E-state index in [1.807, 2.05) is 16.8 Å². The van der Waals surface area contributed by atoms with Gasteiger partial charge < -0.3 is 10.1 Å². The molecule has 4 heterocycles. The number of aryl methyl sites for hydroxylation is 2. The second-order valence-electron chi connectivity index (χ2n) is 7.10. The quantitative estimate of drug-likeness (QED) is 0.706. The summed E-state index contributed by atoms with van der Waals surface area (Å²) in [5, 5.41) is 6.89. The molecule has 0 unspecified atom stereocenters. The average molecular weight is 402 g/mol. The van der Waals surface area contributed by atoms with Gasteiger partial charge in [-0.05, 0) is 31.2 Å². The standard InChI is InChI=1S/C19H23N5OS2/c1-2-4-15-14(3-1)17-18(20-9-13-11-26-12-21-13)22-16(23-19(17)27-15)10-24-5-7-25-8-6-24/h11-12H,1-10H2,(H,20,22,23). The Labute approximate surface area is 166 Å². The zero-order valence-corrected chi connectivity index (χ0v) is 16.9. The van der Waals surface area contributed by atoms with Gasteiger partial charge in [-0.25, -0.2) is 15.0 Å². The van der Waals surface area contributed by atoms with Crippen LogP contribution in [0.5, 0.6) is 0 Å². The van der Waals surface area contributed by atoms with E-state index in [0.717, 1.165) is 61.4 Å². The molecule has 142 valence electrons. The summed E-state index contributed by atoms with van der Waals surface area (Å²) < 4.78 is 5.47. The van der Waals surface area contributed by atoms with Crippen molar-refractivity contribution in [2.24, 2.45) is 0 Å². The van der Waals surface area contributed by atoms with E-state index >= 15 is 0 Å². The number of aromatic nitrogens is 3. The summed E-state index contributed by atoms with van der Waals surface area (Å²) >= 11 is 3.49. The van der Waals surface area contributed by atoms with Crippen LogP contribution < -0.4 is 5.32 Å². The highest BCUT2D eigenvalue weighted by Crippen LogP contribution is 2.38. The molecule has 5 rings (SSSR count). The van der Waals surface area contributed by atoms with E-state index in [0.29, 0.717) is 6.54 Å². The van der Waals surface area contributed by atoms with Crippen molar-refractivity contribution in [1.82, 2.24) is 19.9 Å². The number of nitrogens with zero attached hydrogens (tertiary/aromatic N) is 4. The highest BCUT2D eigenvalue weighted by Gasteiger charge is 2.22. The number of thiophene rings is 1. The van der Waals surface area contributed by atoms with Crippen LogP contribution in [0.25, 0.3) is 10.2 Å². The smallest absolute Gasteiger partial charge is 0.146 e. The average Bonchev–Trinajstić information content (AvgIpc) is 3.34. The van der Waals surface area contributed by atoms with Crippen LogP contribution in [-0.4, -0.2) is 46.2 Å². The summed E-state index contributed by atoms with van der Waals surface area (Å²) in [5.74, 6) is 1.89. The van der Waals surface area contributed by atoms with Crippen molar-refractivity contribution in [1.29, 1.82) is 0 Å². The van der Waals surface area contributed by atoms with E-state index in [2.05, 4.69) is 20.6 Å². The Morgan fingerprint density at radius 1 is 1.15 bits per heavy atom. The van der Waals surface area contributed by atoms with Crippen LogP contribution in [0.1, 0.15) is 34.8 Å². The van der Waals surface area contributed by atoms with Crippen molar-refractivity contribution in [3.63, 3.8) is 0 Å². The fraction of sp³-hybridized carbons (Fsp3) is 0.526. The zero-order valence-electron chi connectivity index (χ0n) is 15.2. The highest BCUT2D eigenvalue weighted by atomic mass is 32.1. The van der Waals surface area contributed by atoms with Gasteiger partial charge in [-0.2, -0.15) is 0 Å². The van der Waals surface area contributed by atoms with Crippen molar-refractivity contribution in [2.45, 2.75) is 38.8 Å². The van der Waals surface area contributed by atoms with Crippen molar-refractivity contribution < 1.29 is 4.74 Å². The molecule has 0 amide bonds. The van der Waals surface area contributed by atoms with Crippen LogP contribution in [0.2, 0.25) is 0 Å². The minimum Gasteiger partial charge on any atom is -0.379 e. The number of ether oxygens (including phenoxy) is 1. The largest absolute Gasteiger partial charge is 0.379 e. The Hall–Kier alpha value is -1.61. The highest BCUT2D eigenvalue weighted by molar-refractivity contribution is 7.19. The summed E-state index contributed by atoms with van der Waals surface area (Å²) in [4.78, 5) is 19.3. The lowest BCUT2D eigenvalue weighted by Gasteiger charge is -2.25. The summed E-state index contributed by atoms with van der Waals surface area (Å²) in [7, 11) is 0. The first kappa shape index (κ1) is 17.5. The molecule has 0 radical (unpaired) electrons. The second-order valence-corrected chi connectivity index (χ2v) is 8.90. The molecular weight excluding hydrogens is 378 g/mol. The van der Waals surface area contributed by atoms with E-state index in [9.17, 15) is 0 Å². The predicted molar refractivity (Wildman–Crippen MR) is 110 cm³/mol. The lowest BCUT2D eigenvalue weighted by Crippen LogP contribution is -2.36. The van der Waals surface area contributed by atoms with Crippen LogP contribution in [-0.2, 0) is 30.7 Å². The van der Waals surface area contributed by atoms with Crippen LogP contribution in [0.3, 0.4) is 0 Å². The number of anilines is 1. The van der Waals surface area contributed by atoms with Gasteiger partial charge in [0.1, 0.15) is 16.5 Å². The van der Waals surface area contributed by atoms with E-state index in [1.165, 1.54) is 35.1 Å². The van der Waals surface area contributed by atoms with Crippen molar-refractivity contribution in [3.8, 4) is 0 Å². The van der Waals surface area contributed by atoms with E-state index in [4.69, 9.17) is 14.7 Å². The van der Waals surface area contributed by atoms with E-state index in [1.54, 1.807) is 11.3 Å². The first-order valence-corrected chi connectivity index (χ1v) is 11.3. The second kappa shape index (κ2) is 7.79. The first-order chi connectivity index (χ1) is 13.4. The number of nitrogens with one attached hydrogen (secondary N) is 1. The topological polar surface area (TPSA) is 63.2 Å². The molecule has 0 bridgehead atoms. The van der Waals surface area contributed by atoms with Crippen LogP contribution in [0.15, 0.2) is 10.9 Å². The lowest BCUT2D eigenvalue weighted by atomic mass is 9.97. The molecule has 0 atom stereocenters. The molecule has 0 saturated carbocycles. The Morgan fingerprint density at radius 3 is 2.89 bits per heavy atom. The number of fused-ring (bicyclic) bond motifs is 3. The van der Waals surface area contributed by atoms with Crippen molar-refractivity contribution in [3.05, 3.63) is 32.8 Å². The maximum absolute atomic E-state index is 5.47. The Morgan fingerprint density at radius 2 is 2.04 bits per heavy atom. The SMILES string of the molecule is c1nc(CNc2nc(CN3CCOCC3)nc3sc4c(c23)CCCC4)cs1. The van der Waals surface area contributed by atoms with Gasteiger partial charge in [0.2, 0.25) is 0 Å². The van der Waals surface area contributed by atoms with Gasteiger partial charge in [-0.3, -0.25) is 4.90 Å². The fourth-order valence-corrected chi connectivity index (χ4v) is 5.70. The molecule has 3 aromatic rings. The van der Waals surface area contributed by atoms with Gasteiger partial charge in [0.15, 0.2) is 0 Å². The summed E-state index contributed by atoms with van der Waals surface area (Å²) in [5.41, 5.74) is 4.41. The molecule has 1 aliphatic heterocycles. The number of hydrogen-bond donors (Lipinski definition) is 1. The number of morpholine rings is 1. The van der Waals surface area contributed by atoms with Crippen LogP contribution in [0.4, 0.5) is 5.82 Å². The van der Waals surface area contributed by atoms with E-state index < -0.39 is 0 Å². The Kier molecular flexibility index (Phi) is 5.04. The van der Waals surface area contributed by atoms with Gasteiger partial charge in [0, 0.05) is 23.3 Å². The van der Waals surface area contributed by atoms with E-state index in [-0.39, 0.29) is 0 Å². The molecule has 1 N–H and O–H groups in total. The number of hydrogen-bond acceptors (Lipinski definition) is 8. The minimum absolute atomic E-state index is 0.706. The Bertz CT molecular complexity index is 918. The fourth-order valence-electron chi connectivity index (χ4n) is 3.86. The summed E-state index contributed by atoms with van der Waals surface area (Å²) in [6.07, 6.45) is 4.88. The summed E-state index contributed by atoms with van der Waals surface area (Å²) in [6.45, 7) is 4.98. The van der Waals surface area contributed by atoms with Crippen LogP contribution in [0, 0.1) is 0 Å². The maximum Gasteiger partial charge on any atom is 0.146 e. The maximum atomic E-state index is 5.47. The molecule has 2 aliphatic rings. The molecular formula is C19H23N5OS2. The van der Waals surface area contributed by atoms with Gasteiger partial charge in [-0.15, -0.1) is 22.7 Å². The zero-order chi connectivity index (χ0) is 18.1. The molecule has 3 aromatic heterocycles. The Balaban J connectivity index is 1.50. The molecule has 6 nitrogen and oxygen atoms in total. The molecule has 27 heavy (non-hydrogen) atoms. The third-order valence-electron chi connectivity index (χ3n) is 5.25. The van der Waals surface area contributed by atoms with Gasteiger partial charge in [0.05, 0.1) is 42.9 Å². The molecule has 0 aromatic carbocycles. The molecule has 0 spiro atoms. The van der Waals surface area contributed by atoms with Crippen molar-refractivity contribution >= 4 is 38.7 Å². The van der Waals surface area contributed by atoms with Crippen molar-refractivity contribution in [2.75, 3.05) is 31.6 Å².